The van der Waals surface area contributed by atoms with Crippen LogP contribution in [-0.4, -0.2) is 39.4 Å². The molecule has 8 nitrogen and oxygen atoms in total. The molecule has 1 aliphatic carbocycles. The van der Waals surface area contributed by atoms with Crippen LogP contribution in [0.1, 0.15) is 23.7 Å². The van der Waals surface area contributed by atoms with E-state index < -0.39 is 5.97 Å². The molecule has 2 aliphatic rings. The highest BCUT2D eigenvalue weighted by atomic mass is 32.2. The van der Waals surface area contributed by atoms with E-state index in [1.54, 1.807) is 31.2 Å². The average molecular weight is 492 g/mol. The molecule has 0 bridgehead atoms. The van der Waals surface area contributed by atoms with Gasteiger partial charge < -0.3 is 19.9 Å². The average Bonchev–Trinajstić information content (AvgIpc) is 2.82. The first kappa shape index (κ1) is 24.0. The molecule has 0 unspecified atom stereocenters. The molecule has 0 saturated heterocycles. The number of aromatic hydroxyl groups is 1. The Hall–Kier alpha value is -4.11. The summed E-state index contributed by atoms with van der Waals surface area (Å²) in [7, 11) is 0. The molecule has 0 fully saturated rings. The summed E-state index contributed by atoms with van der Waals surface area (Å²) in [4.78, 5) is 47.8. The Morgan fingerprint density at radius 1 is 0.971 bits per heavy atom. The van der Waals surface area contributed by atoms with Crippen molar-refractivity contribution in [3.8, 4) is 28.2 Å². The maximum atomic E-state index is 12.3. The first-order chi connectivity index (χ1) is 16.8. The normalized spacial score (nSPS) is 11.0. The fourth-order valence-corrected chi connectivity index (χ4v) is 4.51. The Bertz CT molecular complexity index is 1490. The van der Waals surface area contributed by atoms with Crippen molar-refractivity contribution >= 4 is 46.1 Å². The number of aromatic carboxylic acids is 1. The van der Waals surface area contributed by atoms with Crippen LogP contribution in [0, 0.1) is 0 Å². The van der Waals surface area contributed by atoms with Gasteiger partial charge in [0.25, 0.3) is 0 Å². The fraction of sp³-hybridized carbons (Fsp3) is 0.154. The molecule has 0 atom stereocenters. The van der Waals surface area contributed by atoms with Crippen LogP contribution in [0.5, 0.6) is 5.75 Å². The number of nitrogens with one attached hydrogen (secondary N) is 1. The number of carboxylic acid groups (broad SMARTS) is 1. The molecule has 1 heterocycles. The van der Waals surface area contributed by atoms with E-state index in [9.17, 15) is 29.4 Å². The van der Waals surface area contributed by atoms with Gasteiger partial charge in [-0.1, -0.05) is 13.0 Å². The highest BCUT2D eigenvalue weighted by Crippen LogP contribution is 2.42. The number of fused-ring (bicyclic) bond motifs is 2. The third-order valence-corrected chi connectivity index (χ3v) is 6.36. The zero-order chi connectivity index (χ0) is 25.1. The summed E-state index contributed by atoms with van der Waals surface area (Å²) in [6.07, 6.45) is 0.407. The van der Waals surface area contributed by atoms with E-state index in [4.69, 9.17) is 4.42 Å². The van der Waals surface area contributed by atoms with E-state index in [0.717, 1.165) is 0 Å². The molecule has 1 aliphatic heterocycles. The van der Waals surface area contributed by atoms with Crippen molar-refractivity contribution in [2.75, 3.05) is 16.8 Å². The van der Waals surface area contributed by atoms with E-state index >= 15 is 0 Å². The lowest BCUT2D eigenvalue weighted by Gasteiger charge is -2.17. The summed E-state index contributed by atoms with van der Waals surface area (Å²) in [6, 6.07) is 13.2. The number of carbonyl (C=O) groups excluding carboxylic acids is 2. The van der Waals surface area contributed by atoms with Crippen molar-refractivity contribution in [3.63, 3.8) is 0 Å². The van der Waals surface area contributed by atoms with Gasteiger partial charge in [0.1, 0.15) is 22.9 Å². The van der Waals surface area contributed by atoms with E-state index in [1.165, 1.54) is 42.1 Å². The second-order valence-corrected chi connectivity index (χ2v) is 8.80. The predicted molar refractivity (Wildman–Crippen MR) is 134 cm³/mol. The fourth-order valence-electron chi connectivity index (χ4n) is 3.72. The second-order valence-electron chi connectivity index (χ2n) is 7.81. The molecule has 9 heteroatoms. The third-order valence-electron chi connectivity index (χ3n) is 5.37. The summed E-state index contributed by atoms with van der Waals surface area (Å²) in [6.45, 7) is 1.76. The number of benzene rings is 3. The maximum absolute atomic E-state index is 12.3. The smallest absolute Gasteiger partial charge is 0.336 e. The lowest BCUT2D eigenvalue weighted by Crippen LogP contribution is -2.16. The van der Waals surface area contributed by atoms with Crippen LogP contribution in [0.2, 0.25) is 0 Å². The minimum absolute atomic E-state index is 0.0418. The minimum Gasteiger partial charge on any atom is -0.508 e. The zero-order valence-electron chi connectivity index (χ0n) is 18.7. The van der Waals surface area contributed by atoms with Gasteiger partial charge in [0.15, 0.2) is 5.43 Å². The number of amides is 1. The van der Waals surface area contributed by atoms with E-state index in [1.807, 2.05) is 0 Å². The second kappa shape index (κ2) is 10.0. The number of carbonyl (C=O) groups is 3. The summed E-state index contributed by atoms with van der Waals surface area (Å²) in [5, 5.41) is 23.1. The predicted octanol–water partition coefficient (Wildman–Crippen LogP) is 4.62. The Morgan fingerprint density at radius 2 is 1.74 bits per heavy atom. The van der Waals surface area contributed by atoms with Crippen LogP contribution < -0.4 is 10.7 Å². The Kier molecular flexibility index (Phi) is 6.88. The number of ketones is 1. The Balaban J connectivity index is 1.78. The Labute approximate surface area is 203 Å². The highest BCUT2D eigenvalue weighted by Gasteiger charge is 2.22. The lowest BCUT2D eigenvalue weighted by molar-refractivity contribution is -0.116. The van der Waals surface area contributed by atoms with Crippen LogP contribution in [-0.2, 0) is 9.59 Å². The lowest BCUT2D eigenvalue weighted by atomic mass is 9.90. The highest BCUT2D eigenvalue weighted by molar-refractivity contribution is 8.00. The molecule has 4 rings (SSSR count). The van der Waals surface area contributed by atoms with Gasteiger partial charge in [-0.3, -0.25) is 14.4 Å². The number of hydrogen-bond acceptors (Lipinski definition) is 7. The number of anilines is 1. The largest absolute Gasteiger partial charge is 0.508 e. The van der Waals surface area contributed by atoms with E-state index in [2.05, 4.69) is 5.32 Å². The van der Waals surface area contributed by atoms with Gasteiger partial charge in [0.05, 0.1) is 17.1 Å². The topological polar surface area (TPSA) is 134 Å². The number of rotatable bonds is 8. The molecule has 178 valence electrons. The summed E-state index contributed by atoms with van der Waals surface area (Å²) in [5.74, 6) is -1.00. The SMILES string of the molecule is CCC(=O)CSCC(=O)Nc1ccc(-c2c3ccc(=O)cc-3oc3cc(O)ccc23)c(C(=O)O)c1. The van der Waals surface area contributed by atoms with Crippen LogP contribution in [0.25, 0.3) is 33.4 Å². The molecular weight excluding hydrogens is 470 g/mol. The van der Waals surface area contributed by atoms with Crippen molar-refractivity contribution in [2.24, 2.45) is 0 Å². The van der Waals surface area contributed by atoms with Crippen LogP contribution >= 0.6 is 11.8 Å². The molecule has 35 heavy (non-hydrogen) atoms. The Morgan fingerprint density at radius 3 is 2.49 bits per heavy atom. The van der Waals surface area contributed by atoms with Gasteiger partial charge in [0, 0.05) is 40.8 Å². The molecule has 3 N–H and O–H groups in total. The molecular formula is C26H21NO7S. The van der Waals surface area contributed by atoms with E-state index in [0.29, 0.717) is 34.2 Å². The molecule has 2 aromatic carbocycles. The van der Waals surface area contributed by atoms with Gasteiger partial charge in [0.2, 0.25) is 5.91 Å². The van der Waals surface area contributed by atoms with Crippen LogP contribution in [0.4, 0.5) is 5.69 Å². The number of thioether (sulfide) groups is 1. The van der Waals surface area contributed by atoms with Gasteiger partial charge in [-0.2, -0.15) is 0 Å². The van der Waals surface area contributed by atoms with Gasteiger partial charge in [-0.05, 0) is 42.0 Å². The first-order valence-electron chi connectivity index (χ1n) is 10.7. The van der Waals surface area contributed by atoms with Crippen molar-refractivity contribution in [1.82, 2.24) is 0 Å². The molecule has 1 amide bonds. The minimum atomic E-state index is -1.21. The number of hydrogen-bond donors (Lipinski definition) is 3. The van der Waals surface area contributed by atoms with Crippen molar-refractivity contribution in [2.45, 2.75) is 13.3 Å². The standard InChI is InChI=1S/C26H21NO7S/c1-2-15(28)12-35-13-24(31)27-14-3-6-18(21(9-14)26(32)33)25-19-7-4-16(29)10-22(19)34-23-11-17(30)5-8-20(23)25/h3-11,29H,2,12-13H2,1H3,(H,27,31)(H,32,33). The van der Waals surface area contributed by atoms with Gasteiger partial charge >= 0.3 is 5.97 Å². The van der Waals surface area contributed by atoms with Crippen molar-refractivity contribution < 1.29 is 29.0 Å². The number of phenolic OH excluding ortho intramolecular Hbond substituents is 1. The summed E-state index contributed by atoms with van der Waals surface area (Å²) in [5.41, 5.74) is 1.64. The molecule has 2 aromatic rings. The number of Topliss-reactive ketones (excluding diaryl/α,β-unsaturated/α-hetero) is 1. The zero-order valence-corrected chi connectivity index (χ0v) is 19.5. The monoisotopic (exact) mass is 491 g/mol. The van der Waals surface area contributed by atoms with Crippen LogP contribution in [0.15, 0.2) is 63.8 Å². The molecule has 0 spiro atoms. The van der Waals surface area contributed by atoms with Crippen molar-refractivity contribution in [1.29, 1.82) is 0 Å². The first-order valence-corrected chi connectivity index (χ1v) is 11.9. The number of phenols is 1. The van der Waals surface area contributed by atoms with Crippen molar-refractivity contribution in [3.05, 3.63) is 70.4 Å². The van der Waals surface area contributed by atoms with Gasteiger partial charge in [-0.15, -0.1) is 11.8 Å². The molecule has 0 saturated carbocycles. The maximum Gasteiger partial charge on any atom is 0.336 e. The molecule has 0 aromatic heterocycles. The third kappa shape index (κ3) is 5.20. The quantitative estimate of drug-likeness (QED) is 0.304. The number of carboxylic acids is 1. The summed E-state index contributed by atoms with van der Waals surface area (Å²) >= 11 is 1.19. The van der Waals surface area contributed by atoms with Gasteiger partial charge in [-0.25, -0.2) is 4.79 Å². The van der Waals surface area contributed by atoms with E-state index in [-0.39, 0.29) is 51.3 Å². The summed E-state index contributed by atoms with van der Waals surface area (Å²) < 4.78 is 5.82. The molecule has 0 radical (unpaired) electrons. The van der Waals surface area contributed by atoms with Crippen LogP contribution in [0.3, 0.4) is 0 Å².